The van der Waals surface area contributed by atoms with Crippen LogP contribution in [0.15, 0.2) is 29.6 Å². The molecule has 0 radical (unpaired) electrons. The predicted molar refractivity (Wildman–Crippen MR) is 80.5 cm³/mol. The molecule has 0 bridgehead atoms. The topological polar surface area (TPSA) is 21.3 Å². The highest BCUT2D eigenvalue weighted by atomic mass is 35.5. The molecule has 0 amide bonds. The number of halogens is 1. The Hall–Kier alpha value is -1.03. The molecule has 1 aromatic heterocycles. The van der Waals surface area contributed by atoms with E-state index in [1.165, 1.54) is 16.0 Å². The van der Waals surface area contributed by atoms with E-state index in [1.54, 1.807) is 11.3 Å². The van der Waals surface area contributed by atoms with Gasteiger partial charge in [-0.25, -0.2) is 0 Å². The molecule has 3 rings (SSSR count). The van der Waals surface area contributed by atoms with Crippen LogP contribution < -0.4 is 10.1 Å². The van der Waals surface area contributed by atoms with E-state index in [9.17, 15) is 0 Å². The normalized spacial score (nSPS) is 15.1. The van der Waals surface area contributed by atoms with Crippen LogP contribution in [0.3, 0.4) is 0 Å². The molecular formula is C15H16ClNOS. The highest BCUT2D eigenvalue weighted by molar-refractivity contribution is 7.10. The van der Waals surface area contributed by atoms with Gasteiger partial charge in [0.2, 0.25) is 0 Å². The predicted octanol–water partition coefficient (Wildman–Crippen LogP) is 3.84. The third kappa shape index (κ3) is 2.64. The summed E-state index contributed by atoms with van der Waals surface area (Å²) in [5.74, 6) is 1.04. The molecule has 1 aliphatic heterocycles. The number of ether oxygens (including phenoxy) is 1. The van der Waals surface area contributed by atoms with Gasteiger partial charge in [0.05, 0.1) is 6.61 Å². The molecule has 0 fully saturated rings. The number of likely N-dealkylation sites (N-methyl/N-ethyl adjacent to an activating group) is 1. The summed E-state index contributed by atoms with van der Waals surface area (Å²) in [4.78, 5) is 1.34. The van der Waals surface area contributed by atoms with Crippen molar-refractivity contribution < 1.29 is 4.74 Å². The van der Waals surface area contributed by atoms with E-state index in [-0.39, 0.29) is 0 Å². The van der Waals surface area contributed by atoms with Gasteiger partial charge in [0.1, 0.15) is 5.75 Å². The second kappa shape index (κ2) is 5.53. The largest absolute Gasteiger partial charge is 0.493 e. The summed E-state index contributed by atoms with van der Waals surface area (Å²) in [6.07, 6.45) is 1.87. The Kier molecular flexibility index (Phi) is 3.78. The number of hydrogen-bond donors (Lipinski definition) is 1. The van der Waals surface area contributed by atoms with Crippen molar-refractivity contribution in [2.45, 2.75) is 18.9 Å². The molecule has 2 aromatic rings. The first-order chi connectivity index (χ1) is 9.28. The molecule has 4 heteroatoms. The molecule has 1 unspecified atom stereocenters. The number of benzene rings is 1. The highest BCUT2D eigenvalue weighted by Crippen LogP contribution is 2.35. The monoisotopic (exact) mass is 293 g/mol. The van der Waals surface area contributed by atoms with Crippen LogP contribution in [0.25, 0.3) is 0 Å². The first-order valence-corrected chi connectivity index (χ1v) is 7.68. The standard InChI is InChI=1S/C15H16ClNOS/c1-17-13(14-3-2-6-19-14)9-11-8-12(16)7-10-4-5-18-15(10)11/h2-3,6-8,13,17H,4-5,9H2,1H3. The van der Waals surface area contributed by atoms with Gasteiger partial charge in [-0.05, 0) is 48.2 Å². The first-order valence-electron chi connectivity index (χ1n) is 6.42. The zero-order valence-electron chi connectivity index (χ0n) is 10.8. The first kappa shape index (κ1) is 13.0. The van der Waals surface area contributed by atoms with Gasteiger partial charge in [-0.2, -0.15) is 0 Å². The summed E-state index contributed by atoms with van der Waals surface area (Å²) >= 11 is 7.98. The Morgan fingerprint density at radius 3 is 3.11 bits per heavy atom. The third-order valence-electron chi connectivity index (χ3n) is 3.48. The Labute approximate surface area is 122 Å². The van der Waals surface area contributed by atoms with Gasteiger partial charge in [-0.1, -0.05) is 17.7 Å². The van der Waals surface area contributed by atoms with Crippen molar-refractivity contribution in [3.8, 4) is 5.75 Å². The molecule has 0 saturated heterocycles. The van der Waals surface area contributed by atoms with Crippen molar-refractivity contribution in [1.82, 2.24) is 5.32 Å². The minimum absolute atomic E-state index is 0.312. The van der Waals surface area contributed by atoms with Gasteiger partial charge < -0.3 is 10.1 Å². The number of rotatable bonds is 4. The van der Waals surface area contributed by atoms with Crippen molar-refractivity contribution >= 4 is 22.9 Å². The zero-order chi connectivity index (χ0) is 13.2. The van der Waals surface area contributed by atoms with Crippen LogP contribution in [-0.2, 0) is 12.8 Å². The third-order valence-corrected chi connectivity index (χ3v) is 4.69. The Balaban J connectivity index is 1.90. The minimum atomic E-state index is 0.312. The molecule has 0 aliphatic carbocycles. The lowest BCUT2D eigenvalue weighted by atomic mass is 10.0. The van der Waals surface area contributed by atoms with Crippen LogP contribution in [0, 0.1) is 0 Å². The lowest BCUT2D eigenvalue weighted by Gasteiger charge is -2.17. The van der Waals surface area contributed by atoms with Crippen LogP contribution in [0.1, 0.15) is 22.0 Å². The SMILES string of the molecule is CNC(Cc1cc(Cl)cc2c1OCC2)c1cccs1. The van der Waals surface area contributed by atoms with E-state index in [0.717, 1.165) is 30.2 Å². The molecule has 0 spiro atoms. The molecule has 100 valence electrons. The Morgan fingerprint density at radius 1 is 1.47 bits per heavy atom. The highest BCUT2D eigenvalue weighted by Gasteiger charge is 2.20. The summed E-state index contributed by atoms with van der Waals surface area (Å²) in [5.41, 5.74) is 2.44. The van der Waals surface area contributed by atoms with Gasteiger partial charge in [0.25, 0.3) is 0 Å². The molecule has 2 nitrogen and oxygen atoms in total. The summed E-state index contributed by atoms with van der Waals surface area (Å²) in [6.45, 7) is 0.770. The van der Waals surface area contributed by atoms with Crippen molar-refractivity contribution in [3.63, 3.8) is 0 Å². The van der Waals surface area contributed by atoms with E-state index in [0.29, 0.717) is 6.04 Å². The van der Waals surface area contributed by atoms with E-state index < -0.39 is 0 Å². The van der Waals surface area contributed by atoms with Gasteiger partial charge >= 0.3 is 0 Å². The number of fused-ring (bicyclic) bond motifs is 1. The summed E-state index contributed by atoms with van der Waals surface area (Å²) in [5, 5.41) is 6.29. The molecule has 0 saturated carbocycles. The quantitative estimate of drug-likeness (QED) is 0.925. The average Bonchev–Trinajstić information content (AvgIpc) is 3.05. The maximum absolute atomic E-state index is 6.21. The fraction of sp³-hybridized carbons (Fsp3) is 0.333. The maximum atomic E-state index is 6.21. The Bertz CT molecular complexity index is 568. The summed E-state index contributed by atoms with van der Waals surface area (Å²) in [6, 6.07) is 8.61. The summed E-state index contributed by atoms with van der Waals surface area (Å²) in [7, 11) is 2.00. The van der Waals surface area contributed by atoms with Crippen molar-refractivity contribution in [1.29, 1.82) is 0 Å². The molecule has 19 heavy (non-hydrogen) atoms. The van der Waals surface area contributed by atoms with Gasteiger partial charge in [0, 0.05) is 22.4 Å². The van der Waals surface area contributed by atoms with Crippen LogP contribution >= 0.6 is 22.9 Å². The fourth-order valence-electron chi connectivity index (χ4n) is 2.55. The van der Waals surface area contributed by atoms with Gasteiger partial charge in [-0.15, -0.1) is 11.3 Å². The lowest BCUT2D eigenvalue weighted by molar-refractivity contribution is 0.352. The van der Waals surface area contributed by atoms with E-state index in [4.69, 9.17) is 16.3 Å². The average molecular weight is 294 g/mol. The molecule has 2 heterocycles. The van der Waals surface area contributed by atoms with Crippen LogP contribution in [0.2, 0.25) is 5.02 Å². The van der Waals surface area contributed by atoms with Crippen molar-refractivity contribution in [2.24, 2.45) is 0 Å². The number of thiophene rings is 1. The molecule has 1 aromatic carbocycles. The van der Waals surface area contributed by atoms with Crippen LogP contribution in [0.5, 0.6) is 5.75 Å². The van der Waals surface area contributed by atoms with Gasteiger partial charge in [-0.3, -0.25) is 0 Å². The van der Waals surface area contributed by atoms with Crippen LogP contribution in [-0.4, -0.2) is 13.7 Å². The second-order valence-corrected chi connectivity index (χ2v) is 6.13. The second-order valence-electron chi connectivity index (χ2n) is 4.71. The fourth-order valence-corrected chi connectivity index (χ4v) is 3.65. The smallest absolute Gasteiger partial charge is 0.125 e. The lowest BCUT2D eigenvalue weighted by Crippen LogP contribution is -2.18. The van der Waals surface area contributed by atoms with Crippen molar-refractivity contribution in [2.75, 3.05) is 13.7 Å². The maximum Gasteiger partial charge on any atom is 0.125 e. The molecule has 1 N–H and O–H groups in total. The van der Waals surface area contributed by atoms with E-state index in [2.05, 4.69) is 22.8 Å². The number of hydrogen-bond acceptors (Lipinski definition) is 3. The van der Waals surface area contributed by atoms with E-state index >= 15 is 0 Å². The van der Waals surface area contributed by atoms with Crippen molar-refractivity contribution in [3.05, 3.63) is 50.7 Å². The molecule has 1 atom stereocenters. The Morgan fingerprint density at radius 2 is 2.37 bits per heavy atom. The minimum Gasteiger partial charge on any atom is -0.493 e. The van der Waals surface area contributed by atoms with Crippen LogP contribution in [0.4, 0.5) is 0 Å². The molecule has 1 aliphatic rings. The van der Waals surface area contributed by atoms with Gasteiger partial charge in [0.15, 0.2) is 0 Å². The molecular weight excluding hydrogens is 278 g/mol. The number of nitrogens with one attached hydrogen (secondary N) is 1. The summed E-state index contributed by atoms with van der Waals surface area (Å²) < 4.78 is 5.76. The van der Waals surface area contributed by atoms with E-state index in [1.807, 2.05) is 19.2 Å². The zero-order valence-corrected chi connectivity index (χ0v) is 12.4.